The number of amides is 2. The van der Waals surface area contributed by atoms with E-state index in [1.54, 1.807) is 12.1 Å². The van der Waals surface area contributed by atoms with Crippen molar-refractivity contribution < 1.29 is 9.18 Å². The van der Waals surface area contributed by atoms with Crippen molar-refractivity contribution in [1.29, 1.82) is 0 Å². The number of carbonyl (C=O) groups excluding carboxylic acids is 1. The Morgan fingerprint density at radius 3 is 2.38 bits per heavy atom. The molecule has 2 amide bonds. The fourth-order valence-electron chi connectivity index (χ4n) is 2.78. The van der Waals surface area contributed by atoms with Crippen LogP contribution in [0.2, 0.25) is 0 Å². The van der Waals surface area contributed by atoms with Gasteiger partial charge in [0.15, 0.2) is 0 Å². The van der Waals surface area contributed by atoms with Gasteiger partial charge in [0.05, 0.1) is 0 Å². The molecular formula is C18H19BrFN3O. The summed E-state index contributed by atoms with van der Waals surface area (Å²) in [6.45, 7) is 4.71. The van der Waals surface area contributed by atoms with Gasteiger partial charge >= 0.3 is 6.03 Å². The van der Waals surface area contributed by atoms with E-state index in [9.17, 15) is 9.18 Å². The Kier molecular flexibility index (Phi) is 5.04. The Labute approximate surface area is 149 Å². The number of nitrogens with one attached hydrogen (secondary N) is 1. The second-order valence-corrected chi connectivity index (χ2v) is 6.76. The maximum atomic E-state index is 13.0. The van der Waals surface area contributed by atoms with Crippen molar-refractivity contribution in [3.63, 3.8) is 0 Å². The molecule has 1 aliphatic rings. The molecule has 0 saturated carbocycles. The predicted molar refractivity (Wildman–Crippen MR) is 98.1 cm³/mol. The first-order valence-electron chi connectivity index (χ1n) is 7.85. The summed E-state index contributed by atoms with van der Waals surface area (Å²) in [5.41, 5.74) is 2.83. The van der Waals surface area contributed by atoms with E-state index in [2.05, 4.69) is 26.1 Å². The van der Waals surface area contributed by atoms with Crippen LogP contribution < -0.4 is 10.2 Å². The van der Waals surface area contributed by atoms with Crippen LogP contribution in [0.5, 0.6) is 0 Å². The van der Waals surface area contributed by atoms with Crippen LogP contribution in [0.3, 0.4) is 0 Å². The summed E-state index contributed by atoms with van der Waals surface area (Å²) < 4.78 is 14.0. The van der Waals surface area contributed by atoms with Gasteiger partial charge in [0.25, 0.3) is 0 Å². The first-order chi connectivity index (χ1) is 11.5. The molecule has 1 N–H and O–H groups in total. The van der Waals surface area contributed by atoms with Gasteiger partial charge < -0.3 is 15.1 Å². The maximum Gasteiger partial charge on any atom is 0.321 e. The maximum absolute atomic E-state index is 13.0. The fraction of sp³-hybridized carbons (Fsp3) is 0.278. The van der Waals surface area contributed by atoms with Crippen molar-refractivity contribution >= 4 is 33.3 Å². The van der Waals surface area contributed by atoms with Crippen molar-refractivity contribution in [1.82, 2.24) is 4.90 Å². The molecule has 1 fully saturated rings. The first kappa shape index (κ1) is 16.8. The molecule has 0 bridgehead atoms. The molecule has 0 aliphatic carbocycles. The highest BCUT2D eigenvalue weighted by Crippen LogP contribution is 2.21. The highest BCUT2D eigenvalue weighted by atomic mass is 79.9. The average Bonchev–Trinajstić information content (AvgIpc) is 2.58. The Hall–Kier alpha value is -2.08. The monoisotopic (exact) mass is 391 g/mol. The summed E-state index contributed by atoms with van der Waals surface area (Å²) in [6.07, 6.45) is 0. The zero-order chi connectivity index (χ0) is 17.1. The smallest absolute Gasteiger partial charge is 0.321 e. The quantitative estimate of drug-likeness (QED) is 0.830. The number of rotatable bonds is 2. The van der Waals surface area contributed by atoms with Crippen molar-refractivity contribution in [2.24, 2.45) is 0 Å². The molecule has 0 unspecified atom stereocenters. The second-order valence-electron chi connectivity index (χ2n) is 5.84. The molecule has 1 aliphatic heterocycles. The molecule has 0 spiro atoms. The summed E-state index contributed by atoms with van der Waals surface area (Å²) in [5.74, 6) is -0.235. The van der Waals surface area contributed by atoms with Gasteiger partial charge in [-0.2, -0.15) is 0 Å². The standard InChI is InChI=1S/C18H19BrFN3O/c1-13-12-14(19)2-7-17(13)21-18(24)23-10-8-22(9-11-23)16-5-3-15(20)4-6-16/h2-7,12H,8-11H2,1H3,(H,21,24). The lowest BCUT2D eigenvalue weighted by atomic mass is 10.2. The SMILES string of the molecule is Cc1cc(Br)ccc1NC(=O)N1CCN(c2ccc(F)cc2)CC1. The molecule has 6 heteroatoms. The van der Waals surface area contributed by atoms with Crippen LogP contribution in [0.4, 0.5) is 20.6 Å². The van der Waals surface area contributed by atoms with Crippen LogP contribution >= 0.6 is 15.9 Å². The molecule has 24 heavy (non-hydrogen) atoms. The lowest BCUT2D eigenvalue weighted by molar-refractivity contribution is 0.208. The van der Waals surface area contributed by atoms with Gasteiger partial charge in [-0.1, -0.05) is 15.9 Å². The molecule has 0 aromatic heterocycles. The minimum absolute atomic E-state index is 0.0841. The van der Waals surface area contributed by atoms with Gasteiger partial charge in [-0.25, -0.2) is 9.18 Å². The number of carbonyl (C=O) groups is 1. The number of aryl methyl sites for hydroxylation is 1. The van der Waals surface area contributed by atoms with Crippen molar-refractivity contribution in [2.75, 3.05) is 36.4 Å². The van der Waals surface area contributed by atoms with Crippen LogP contribution in [0.25, 0.3) is 0 Å². The number of nitrogens with zero attached hydrogens (tertiary/aromatic N) is 2. The summed E-state index contributed by atoms with van der Waals surface area (Å²) >= 11 is 3.42. The van der Waals surface area contributed by atoms with E-state index in [0.717, 1.165) is 34.5 Å². The molecule has 126 valence electrons. The molecule has 1 saturated heterocycles. The Balaban J connectivity index is 1.58. The number of hydrogen-bond donors (Lipinski definition) is 1. The predicted octanol–water partition coefficient (Wildman–Crippen LogP) is 4.25. The van der Waals surface area contributed by atoms with Gasteiger partial charge in [0.1, 0.15) is 5.82 Å². The number of halogens is 2. The average molecular weight is 392 g/mol. The van der Waals surface area contributed by atoms with Crippen LogP contribution in [0.1, 0.15) is 5.56 Å². The molecule has 3 rings (SSSR count). The summed E-state index contributed by atoms with van der Waals surface area (Å²) in [6, 6.07) is 12.2. The van der Waals surface area contributed by atoms with Crippen molar-refractivity contribution in [3.8, 4) is 0 Å². The van der Waals surface area contributed by atoms with E-state index in [4.69, 9.17) is 0 Å². The largest absolute Gasteiger partial charge is 0.368 e. The molecular weight excluding hydrogens is 373 g/mol. The molecule has 4 nitrogen and oxygen atoms in total. The lowest BCUT2D eigenvalue weighted by Crippen LogP contribution is -2.50. The molecule has 1 heterocycles. The molecule has 2 aromatic rings. The zero-order valence-corrected chi connectivity index (χ0v) is 15.0. The normalized spacial score (nSPS) is 14.6. The van der Waals surface area contributed by atoms with E-state index >= 15 is 0 Å². The second kappa shape index (κ2) is 7.21. The Bertz CT molecular complexity index is 728. The van der Waals surface area contributed by atoms with Crippen molar-refractivity contribution in [3.05, 3.63) is 58.3 Å². The molecule has 0 radical (unpaired) electrons. The van der Waals surface area contributed by atoms with Crippen molar-refractivity contribution in [2.45, 2.75) is 6.92 Å². The van der Waals surface area contributed by atoms with Gasteiger partial charge in [-0.05, 0) is 55.0 Å². The Morgan fingerprint density at radius 1 is 1.08 bits per heavy atom. The molecule has 0 atom stereocenters. The highest BCUT2D eigenvalue weighted by molar-refractivity contribution is 9.10. The number of anilines is 2. The van der Waals surface area contributed by atoms with E-state index in [-0.39, 0.29) is 11.8 Å². The van der Waals surface area contributed by atoms with Gasteiger partial charge in [0, 0.05) is 42.0 Å². The fourth-order valence-corrected chi connectivity index (χ4v) is 3.26. The third kappa shape index (κ3) is 3.87. The van der Waals surface area contributed by atoms with E-state index in [1.807, 2.05) is 30.0 Å². The van der Waals surface area contributed by atoms with Crippen LogP contribution in [0, 0.1) is 12.7 Å². The van der Waals surface area contributed by atoms with Gasteiger partial charge in [-0.3, -0.25) is 0 Å². The third-order valence-electron chi connectivity index (χ3n) is 4.19. The molecule has 2 aromatic carbocycles. The zero-order valence-electron chi connectivity index (χ0n) is 13.4. The topological polar surface area (TPSA) is 35.6 Å². The van der Waals surface area contributed by atoms with Crippen LogP contribution in [-0.2, 0) is 0 Å². The summed E-state index contributed by atoms with van der Waals surface area (Å²) in [4.78, 5) is 16.4. The van der Waals surface area contributed by atoms with E-state index < -0.39 is 0 Å². The highest BCUT2D eigenvalue weighted by Gasteiger charge is 2.21. The Morgan fingerprint density at radius 2 is 1.75 bits per heavy atom. The summed E-state index contributed by atoms with van der Waals surface area (Å²) in [7, 11) is 0. The van der Waals surface area contributed by atoms with Gasteiger partial charge in [0.2, 0.25) is 0 Å². The number of benzene rings is 2. The minimum Gasteiger partial charge on any atom is -0.368 e. The first-order valence-corrected chi connectivity index (χ1v) is 8.65. The van der Waals surface area contributed by atoms with Gasteiger partial charge in [-0.15, -0.1) is 0 Å². The van der Waals surface area contributed by atoms with E-state index in [1.165, 1.54) is 12.1 Å². The van der Waals surface area contributed by atoms with Crippen LogP contribution in [-0.4, -0.2) is 37.1 Å². The third-order valence-corrected chi connectivity index (χ3v) is 4.68. The minimum atomic E-state index is -0.235. The number of piperazine rings is 1. The van der Waals surface area contributed by atoms with E-state index in [0.29, 0.717) is 13.1 Å². The number of urea groups is 1. The summed E-state index contributed by atoms with van der Waals surface area (Å²) in [5, 5.41) is 2.97. The van der Waals surface area contributed by atoms with Crippen LogP contribution in [0.15, 0.2) is 46.9 Å². The lowest BCUT2D eigenvalue weighted by Gasteiger charge is -2.36. The number of hydrogen-bond acceptors (Lipinski definition) is 2.